The predicted octanol–water partition coefficient (Wildman–Crippen LogP) is 4.47. The number of hydrogen-bond acceptors (Lipinski definition) is 2. The Morgan fingerprint density at radius 2 is 2.05 bits per heavy atom. The van der Waals surface area contributed by atoms with E-state index >= 15 is 0 Å². The summed E-state index contributed by atoms with van der Waals surface area (Å²) < 4.78 is 6.91. The van der Waals surface area contributed by atoms with Crippen LogP contribution in [0.3, 0.4) is 0 Å². The fourth-order valence-electron chi connectivity index (χ4n) is 2.52. The molecule has 1 aromatic carbocycles. The van der Waals surface area contributed by atoms with Crippen molar-refractivity contribution >= 4 is 28.7 Å². The van der Waals surface area contributed by atoms with Gasteiger partial charge in [-0.3, -0.25) is 0 Å². The minimum Gasteiger partial charge on any atom is -0.473 e. The summed E-state index contributed by atoms with van der Waals surface area (Å²) >= 11 is 2.39. The van der Waals surface area contributed by atoms with Gasteiger partial charge in [-0.25, -0.2) is 4.98 Å². The summed E-state index contributed by atoms with van der Waals surface area (Å²) in [5.74, 6) is 0.795. The number of fused-ring (bicyclic) bond motifs is 1. The average molecular weight is 377 g/mol. The van der Waals surface area contributed by atoms with E-state index in [0.717, 1.165) is 22.4 Å². The molecule has 3 rings (SSSR count). The van der Waals surface area contributed by atoms with Gasteiger partial charge in [-0.15, -0.1) is 0 Å². The molecule has 0 amide bonds. The summed E-state index contributed by atoms with van der Waals surface area (Å²) in [5.41, 5.74) is 6.14. The van der Waals surface area contributed by atoms with Gasteiger partial charge >= 0.3 is 0 Å². The Morgan fingerprint density at radius 1 is 1.25 bits per heavy atom. The Hall–Kier alpha value is -1.36. The maximum absolute atomic E-state index is 5.98. The number of alkyl halides is 1. The number of ether oxygens (including phenoxy) is 1. The van der Waals surface area contributed by atoms with Crippen LogP contribution in [-0.2, 0) is 17.5 Å². The highest BCUT2D eigenvalue weighted by Gasteiger charge is 2.18. The third-order valence-corrected chi connectivity index (χ3v) is 4.33. The molecule has 1 aliphatic carbocycles. The fourth-order valence-corrected chi connectivity index (χ4v) is 3.31. The quantitative estimate of drug-likeness (QED) is 0.579. The summed E-state index contributed by atoms with van der Waals surface area (Å²) in [6.45, 7) is 2.63. The minimum absolute atomic E-state index is 0.573. The molecule has 1 heterocycles. The normalized spacial score (nSPS) is 12.5. The molecule has 0 aliphatic heterocycles. The molecule has 102 valence electrons. The molecule has 2 aromatic rings. The molecule has 0 atom stereocenters. The SMILES string of the molecule is Cc1nc(OCc2ccccc2)c(CI)c2c1C=CC2. The Morgan fingerprint density at radius 3 is 2.80 bits per heavy atom. The third kappa shape index (κ3) is 2.59. The van der Waals surface area contributed by atoms with Crippen molar-refractivity contribution in [3.8, 4) is 5.88 Å². The largest absolute Gasteiger partial charge is 0.473 e. The number of aryl methyl sites for hydroxylation is 1. The van der Waals surface area contributed by atoms with Gasteiger partial charge in [-0.2, -0.15) is 0 Å². The zero-order valence-electron chi connectivity index (χ0n) is 11.4. The monoisotopic (exact) mass is 377 g/mol. The van der Waals surface area contributed by atoms with Crippen molar-refractivity contribution in [2.75, 3.05) is 0 Å². The lowest BCUT2D eigenvalue weighted by molar-refractivity contribution is 0.290. The van der Waals surface area contributed by atoms with E-state index in [2.05, 4.69) is 58.8 Å². The molecule has 0 unspecified atom stereocenters. The first kappa shape index (κ1) is 13.6. The first-order valence-corrected chi connectivity index (χ1v) is 8.23. The number of rotatable bonds is 4. The fraction of sp³-hybridized carbons (Fsp3) is 0.235. The van der Waals surface area contributed by atoms with Crippen LogP contribution in [0.15, 0.2) is 36.4 Å². The topological polar surface area (TPSA) is 22.1 Å². The molecule has 1 aliphatic rings. The molecule has 3 heteroatoms. The average Bonchev–Trinajstić information content (AvgIpc) is 2.96. The molecule has 0 radical (unpaired) electrons. The van der Waals surface area contributed by atoms with Crippen LogP contribution in [0, 0.1) is 6.92 Å². The Kier molecular flexibility index (Phi) is 4.05. The molecule has 0 saturated carbocycles. The summed E-state index contributed by atoms with van der Waals surface area (Å²) in [4.78, 5) is 4.65. The Labute approximate surface area is 133 Å². The molecule has 0 saturated heterocycles. The lowest BCUT2D eigenvalue weighted by atomic mass is 10.0. The highest BCUT2D eigenvalue weighted by atomic mass is 127. The summed E-state index contributed by atoms with van der Waals surface area (Å²) in [5, 5.41) is 0. The molecule has 1 aromatic heterocycles. The molecule has 20 heavy (non-hydrogen) atoms. The zero-order valence-corrected chi connectivity index (χ0v) is 13.6. The van der Waals surface area contributed by atoms with Gasteiger partial charge in [0.1, 0.15) is 6.61 Å². The number of halogens is 1. The number of nitrogens with zero attached hydrogens (tertiary/aromatic N) is 1. The highest BCUT2D eigenvalue weighted by Crippen LogP contribution is 2.33. The van der Waals surface area contributed by atoms with Gasteiger partial charge < -0.3 is 4.74 Å². The highest BCUT2D eigenvalue weighted by molar-refractivity contribution is 14.1. The van der Waals surface area contributed by atoms with Gasteiger partial charge in [0.15, 0.2) is 0 Å². The van der Waals surface area contributed by atoms with Crippen molar-refractivity contribution < 1.29 is 4.74 Å². The van der Waals surface area contributed by atoms with Gasteiger partial charge in [0, 0.05) is 15.7 Å². The second kappa shape index (κ2) is 5.95. The lowest BCUT2D eigenvalue weighted by Gasteiger charge is -2.15. The minimum atomic E-state index is 0.573. The van der Waals surface area contributed by atoms with Crippen LogP contribution < -0.4 is 4.74 Å². The van der Waals surface area contributed by atoms with Crippen LogP contribution in [0.25, 0.3) is 6.08 Å². The van der Waals surface area contributed by atoms with Gasteiger partial charge in [0.05, 0.1) is 0 Å². The smallest absolute Gasteiger partial charge is 0.218 e. The predicted molar refractivity (Wildman–Crippen MR) is 90.2 cm³/mol. The summed E-state index contributed by atoms with van der Waals surface area (Å²) in [7, 11) is 0. The first-order valence-electron chi connectivity index (χ1n) is 6.71. The maximum Gasteiger partial charge on any atom is 0.218 e. The number of hydrogen-bond donors (Lipinski definition) is 0. The Bertz CT molecular complexity index is 650. The number of pyridine rings is 1. The van der Waals surface area contributed by atoms with E-state index in [4.69, 9.17) is 4.74 Å². The third-order valence-electron chi connectivity index (χ3n) is 3.57. The van der Waals surface area contributed by atoms with Crippen molar-refractivity contribution in [2.45, 2.75) is 24.4 Å². The van der Waals surface area contributed by atoms with Gasteiger partial charge in [-0.1, -0.05) is 65.1 Å². The maximum atomic E-state index is 5.98. The zero-order chi connectivity index (χ0) is 13.9. The van der Waals surface area contributed by atoms with E-state index in [1.165, 1.54) is 22.3 Å². The summed E-state index contributed by atoms with van der Waals surface area (Å²) in [6.07, 6.45) is 5.38. The van der Waals surface area contributed by atoms with Crippen LogP contribution in [0.5, 0.6) is 5.88 Å². The van der Waals surface area contributed by atoms with Crippen molar-refractivity contribution in [1.29, 1.82) is 0 Å². The molecular formula is C17H16INO. The van der Waals surface area contributed by atoms with E-state index < -0.39 is 0 Å². The molecule has 2 nitrogen and oxygen atoms in total. The lowest BCUT2D eigenvalue weighted by Crippen LogP contribution is -2.05. The van der Waals surface area contributed by atoms with Crippen LogP contribution in [0.2, 0.25) is 0 Å². The van der Waals surface area contributed by atoms with Crippen LogP contribution in [0.1, 0.15) is 27.9 Å². The summed E-state index contributed by atoms with van der Waals surface area (Å²) in [6, 6.07) is 10.2. The van der Waals surface area contributed by atoms with Crippen molar-refractivity contribution in [2.24, 2.45) is 0 Å². The van der Waals surface area contributed by atoms with Crippen molar-refractivity contribution in [1.82, 2.24) is 4.98 Å². The van der Waals surface area contributed by atoms with E-state index in [0.29, 0.717) is 6.61 Å². The first-order chi connectivity index (χ1) is 9.79. The number of aromatic nitrogens is 1. The second-order valence-electron chi connectivity index (χ2n) is 4.89. The van der Waals surface area contributed by atoms with Gasteiger partial charge in [0.2, 0.25) is 5.88 Å². The van der Waals surface area contributed by atoms with Crippen LogP contribution in [-0.4, -0.2) is 4.98 Å². The van der Waals surface area contributed by atoms with Crippen LogP contribution >= 0.6 is 22.6 Å². The van der Waals surface area contributed by atoms with E-state index in [1.54, 1.807) is 0 Å². The van der Waals surface area contributed by atoms with E-state index in [9.17, 15) is 0 Å². The molecule has 0 spiro atoms. The van der Waals surface area contributed by atoms with Crippen molar-refractivity contribution in [3.63, 3.8) is 0 Å². The van der Waals surface area contributed by atoms with Crippen LogP contribution in [0.4, 0.5) is 0 Å². The molecular weight excluding hydrogens is 361 g/mol. The number of benzene rings is 1. The molecule has 0 bridgehead atoms. The van der Waals surface area contributed by atoms with Gasteiger partial charge in [0.25, 0.3) is 0 Å². The molecule has 0 fully saturated rings. The van der Waals surface area contributed by atoms with Crippen molar-refractivity contribution in [3.05, 3.63) is 64.4 Å². The molecule has 0 N–H and O–H groups in total. The second-order valence-corrected chi connectivity index (χ2v) is 5.65. The standard InChI is InChI=1S/C17H16INO/c1-12-14-8-5-9-15(14)16(10-18)17(19-12)20-11-13-6-3-2-4-7-13/h2-8H,9-11H2,1H3. The number of allylic oxidation sites excluding steroid dienone is 1. The Balaban J connectivity index is 1.89. The van der Waals surface area contributed by atoms with Gasteiger partial charge in [-0.05, 0) is 30.0 Å². The van der Waals surface area contributed by atoms with E-state index in [-0.39, 0.29) is 0 Å². The van der Waals surface area contributed by atoms with E-state index in [1.807, 2.05) is 18.2 Å².